The number of para-hydroxylation sites is 2. The van der Waals surface area contributed by atoms with Gasteiger partial charge in [-0.25, -0.2) is 9.97 Å². The highest BCUT2D eigenvalue weighted by atomic mass is 16.5. The minimum atomic E-state index is 0.110. The highest BCUT2D eigenvalue weighted by Gasteiger charge is 2.21. The van der Waals surface area contributed by atoms with Crippen LogP contribution < -0.4 is 9.64 Å². The van der Waals surface area contributed by atoms with Crippen molar-refractivity contribution in [2.24, 2.45) is 5.41 Å². The first-order chi connectivity index (χ1) is 15.4. The molecule has 0 aliphatic carbocycles. The first-order valence-electron chi connectivity index (χ1n) is 11.2. The smallest absolute Gasteiger partial charge is 0.234 e. The number of piperazine rings is 1. The van der Waals surface area contributed by atoms with Crippen LogP contribution in [0.15, 0.2) is 36.5 Å². The van der Waals surface area contributed by atoms with Crippen LogP contribution in [-0.4, -0.2) is 59.3 Å². The summed E-state index contributed by atoms with van der Waals surface area (Å²) >= 11 is 0. The van der Waals surface area contributed by atoms with Crippen molar-refractivity contribution in [3.63, 3.8) is 0 Å². The van der Waals surface area contributed by atoms with Gasteiger partial charge in [-0.05, 0) is 23.6 Å². The van der Waals surface area contributed by atoms with Crippen molar-refractivity contribution < 1.29 is 4.74 Å². The maximum atomic E-state index is 9.23. The predicted molar refractivity (Wildman–Crippen MR) is 127 cm³/mol. The zero-order chi connectivity index (χ0) is 22.7. The number of hydrogen-bond donors (Lipinski definition) is 0. The van der Waals surface area contributed by atoms with Crippen molar-refractivity contribution in [3.8, 4) is 11.8 Å². The molecule has 3 aromatic rings. The van der Waals surface area contributed by atoms with E-state index in [2.05, 4.69) is 69.4 Å². The summed E-state index contributed by atoms with van der Waals surface area (Å²) < 4.78 is 7.82. The number of ether oxygens (including phenoxy) is 1. The zero-order valence-corrected chi connectivity index (χ0v) is 19.5. The highest BCUT2D eigenvalue weighted by Crippen LogP contribution is 2.29. The van der Waals surface area contributed by atoms with Gasteiger partial charge in [0.15, 0.2) is 0 Å². The summed E-state index contributed by atoms with van der Waals surface area (Å²) in [5.74, 6) is 1.16. The first kappa shape index (κ1) is 22.1. The van der Waals surface area contributed by atoms with Gasteiger partial charge in [0.1, 0.15) is 17.5 Å². The standard InChI is InChI=1S/C25H32N6O/c1-25(2,3)18-31-20(15-19-17-27-23(16-26)28-24(19)31)9-10-29-11-13-30(14-12-29)21-7-5-6-8-22(21)32-4/h5-8,15,17H,9-14,18H2,1-4H3. The normalized spacial score (nSPS) is 15.2. The molecule has 1 fully saturated rings. The van der Waals surface area contributed by atoms with Crippen LogP contribution in [0.1, 0.15) is 32.3 Å². The number of anilines is 1. The lowest BCUT2D eigenvalue weighted by Gasteiger charge is -2.36. The van der Waals surface area contributed by atoms with Gasteiger partial charge in [0.2, 0.25) is 5.82 Å². The molecule has 7 nitrogen and oxygen atoms in total. The number of nitrogens with zero attached hydrogens (tertiary/aromatic N) is 6. The monoisotopic (exact) mass is 432 g/mol. The van der Waals surface area contributed by atoms with Crippen LogP contribution in [0.5, 0.6) is 5.75 Å². The third-order valence-corrected chi connectivity index (χ3v) is 5.94. The van der Waals surface area contributed by atoms with Crippen LogP contribution in [-0.2, 0) is 13.0 Å². The third-order valence-electron chi connectivity index (χ3n) is 5.94. The molecule has 168 valence electrons. The molecule has 1 saturated heterocycles. The minimum absolute atomic E-state index is 0.110. The predicted octanol–water partition coefficient (Wildman–Crippen LogP) is 3.72. The molecule has 0 spiro atoms. The van der Waals surface area contributed by atoms with E-state index in [4.69, 9.17) is 4.74 Å². The molecule has 0 saturated carbocycles. The van der Waals surface area contributed by atoms with Crippen molar-refractivity contribution in [3.05, 3.63) is 48.0 Å². The first-order valence-corrected chi connectivity index (χ1v) is 11.2. The van der Waals surface area contributed by atoms with Crippen molar-refractivity contribution in [2.75, 3.05) is 44.7 Å². The summed E-state index contributed by atoms with van der Waals surface area (Å²) in [7, 11) is 1.73. The topological polar surface area (TPSA) is 70.2 Å². The average molecular weight is 433 g/mol. The second-order valence-corrected chi connectivity index (χ2v) is 9.62. The summed E-state index contributed by atoms with van der Waals surface area (Å²) in [6, 6.07) is 12.5. The Morgan fingerprint density at radius 2 is 1.88 bits per heavy atom. The largest absolute Gasteiger partial charge is 0.495 e. The second-order valence-electron chi connectivity index (χ2n) is 9.62. The summed E-state index contributed by atoms with van der Waals surface area (Å²) in [5, 5.41) is 10.2. The molecule has 0 N–H and O–H groups in total. The number of fused-ring (bicyclic) bond motifs is 1. The van der Waals surface area contributed by atoms with Crippen LogP contribution in [0.3, 0.4) is 0 Å². The van der Waals surface area contributed by atoms with E-state index in [1.807, 2.05) is 12.1 Å². The van der Waals surface area contributed by atoms with E-state index in [0.717, 1.165) is 62.5 Å². The summed E-state index contributed by atoms with van der Waals surface area (Å²) in [4.78, 5) is 13.6. The summed E-state index contributed by atoms with van der Waals surface area (Å²) in [5.41, 5.74) is 3.40. The van der Waals surface area contributed by atoms with Crippen LogP contribution in [0.2, 0.25) is 0 Å². The molecule has 0 atom stereocenters. The van der Waals surface area contributed by atoms with Gasteiger partial charge in [0, 0.05) is 63.0 Å². The number of rotatable bonds is 6. The number of methoxy groups -OCH3 is 1. The van der Waals surface area contributed by atoms with Gasteiger partial charge in [-0.3, -0.25) is 4.90 Å². The quantitative estimate of drug-likeness (QED) is 0.591. The van der Waals surface area contributed by atoms with Gasteiger partial charge in [0.05, 0.1) is 12.8 Å². The lowest BCUT2D eigenvalue weighted by atomic mass is 9.96. The van der Waals surface area contributed by atoms with E-state index >= 15 is 0 Å². The van der Waals surface area contributed by atoms with E-state index in [0.29, 0.717) is 0 Å². The molecule has 0 radical (unpaired) electrons. The Morgan fingerprint density at radius 1 is 1.12 bits per heavy atom. The van der Waals surface area contributed by atoms with Crippen LogP contribution >= 0.6 is 0 Å². The maximum absolute atomic E-state index is 9.23. The average Bonchev–Trinajstić information content (AvgIpc) is 3.13. The molecular weight excluding hydrogens is 400 g/mol. The van der Waals surface area contributed by atoms with Crippen LogP contribution in [0.25, 0.3) is 11.0 Å². The molecule has 1 aromatic carbocycles. The van der Waals surface area contributed by atoms with Crippen molar-refractivity contribution in [1.82, 2.24) is 19.4 Å². The number of benzene rings is 1. The summed E-state index contributed by atoms with van der Waals surface area (Å²) in [6.45, 7) is 12.6. The van der Waals surface area contributed by atoms with E-state index in [1.54, 1.807) is 13.3 Å². The zero-order valence-electron chi connectivity index (χ0n) is 19.5. The molecule has 7 heteroatoms. The molecular formula is C25H32N6O. The van der Waals surface area contributed by atoms with Gasteiger partial charge in [-0.1, -0.05) is 32.9 Å². The van der Waals surface area contributed by atoms with E-state index in [-0.39, 0.29) is 11.2 Å². The Balaban J connectivity index is 1.45. The molecule has 32 heavy (non-hydrogen) atoms. The van der Waals surface area contributed by atoms with Gasteiger partial charge >= 0.3 is 0 Å². The van der Waals surface area contributed by atoms with Gasteiger partial charge in [0.25, 0.3) is 0 Å². The van der Waals surface area contributed by atoms with E-state index in [1.165, 1.54) is 11.4 Å². The number of hydrogen-bond acceptors (Lipinski definition) is 6. The fraction of sp³-hybridized carbons (Fsp3) is 0.480. The Labute approximate surface area is 190 Å². The molecule has 0 amide bonds. The molecule has 1 aliphatic rings. The highest BCUT2D eigenvalue weighted by molar-refractivity contribution is 5.77. The minimum Gasteiger partial charge on any atom is -0.495 e. The second kappa shape index (κ2) is 9.17. The fourth-order valence-electron chi connectivity index (χ4n) is 4.38. The van der Waals surface area contributed by atoms with Gasteiger partial charge in [-0.15, -0.1) is 0 Å². The number of nitriles is 1. The molecule has 4 rings (SSSR count). The van der Waals surface area contributed by atoms with E-state index < -0.39 is 0 Å². The Hall–Kier alpha value is -3.11. The third kappa shape index (κ3) is 4.86. The molecule has 0 bridgehead atoms. The molecule has 2 aromatic heterocycles. The Kier molecular flexibility index (Phi) is 6.33. The van der Waals surface area contributed by atoms with Crippen molar-refractivity contribution in [1.29, 1.82) is 5.26 Å². The maximum Gasteiger partial charge on any atom is 0.234 e. The van der Waals surface area contributed by atoms with Crippen molar-refractivity contribution >= 4 is 16.7 Å². The van der Waals surface area contributed by atoms with E-state index in [9.17, 15) is 5.26 Å². The molecule has 1 aliphatic heterocycles. The molecule has 3 heterocycles. The van der Waals surface area contributed by atoms with Crippen LogP contribution in [0.4, 0.5) is 5.69 Å². The van der Waals surface area contributed by atoms with Gasteiger partial charge < -0.3 is 14.2 Å². The van der Waals surface area contributed by atoms with Crippen molar-refractivity contribution in [2.45, 2.75) is 33.7 Å². The number of aromatic nitrogens is 3. The van der Waals surface area contributed by atoms with Gasteiger partial charge in [-0.2, -0.15) is 5.26 Å². The Morgan fingerprint density at radius 3 is 2.56 bits per heavy atom. The lowest BCUT2D eigenvalue weighted by Crippen LogP contribution is -2.47. The summed E-state index contributed by atoms with van der Waals surface area (Å²) in [6.07, 6.45) is 2.72. The fourth-order valence-corrected chi connectivity index (χ4v) is 4.38. The van der Waals surface area contributed by atoms with Crippen LogP contribution in [0, 0.1) is 16.7 Å². The molecule has 0 unspecified atom stereocenters. The Bertz CT molecular complexity index is 1120. The SMILES string of the molecule is COc1ccccc1N1CCN(CCc2cc3cnc(C#N)nc3n2CC(C)(C)C)CC1. The lowest BCUT2D eigenvalue weighted by molar-refractivity contribution is 0.257.